The Labute approximate surface area is 159 Å². The zero-order chi connectivity index (χ0) is 17.9. The fraction of sp³-hybridized carbons (Fsp3) is 0.105. The molecule has 0 fully saturated rings. The topological polar surface area (TPSA) is 59.8 Å². The minimum absolute atomic E-state index is 0.225. The molecule has 0 radical (unpaired) electrons. The number of nitrogens with zero attached hydrogens (tertiary/aromatic N) is 3. The molecule has 0 atom stereocenters. The summed E-state index contributed by atoms with van der Waals surface area (Å²) in [5.74, 6) is 0.443. The van der Waals surface area contributed by atoms with Crippen LogP contribution in [0.25, 0.3) is 10.6 Å². The van der Waals surface area contributed by atoms with Gasteiger partial charge in [-0.15, -0.1) is 11.3 Å². The van der Waals surface area contributed by atoms with Crippen LogP contribution in [0.1, 0.15) is 21.7 Å². The van der Waals surface area contributed by atoms with Gasteiger partial charge < -0.3 is 5.32 Å². The molecule has 130 valence electrons. The molecule has 3 heterocycles. The third kappa shape index (κ3) is 3.58. The molecule has 0 aliphatic rings. The van der Waals surface area contributed by atoms with Crippen molar-refractivity contribution < 1.29 is 4.79 Å². The molecule has 0 bridgehead atoms. The van der Waals surface area contributed by atoms with Crippen molar-refractivity contribution in [2.45, 2.75) is 13.5 Å². The SMILES string of the molecule is Cc1cc(NC(=O)c2csc(-c3ccsc3)n2)n(Cc2ccccc2)n1. The minimum atomic E-state index is -0.225. The maximum atomic E-state index is 12.6. The second-order valence-electron chi connectivity index (χ2n) is 5.82. The monoisotopic (exact) mass is 380 g/mol. The largest absolute Gasteiger partial charge is 0.305 e. The Hall–Kier alpha value is -2.77. The third-order valence-electron chi connectivity index (χ3n) is 3.82. The lowest BCUT2D eigenvalue weighted by Gasteiger charge is -2.08. The number of nitrogens with one attached hydrogen (secondary N) is 1. The molecule has 4 rings (SSSR count). The number of anilines is 1. The van der Waals surface area contributed by atoms with Gasteiger partial charge in [0.25, 0.3) is 5.91 Å². The quantitative estimate of drug-likeness (QED) is 0.547. The number of aryl methyl sites for hydroxylation is 1. The van der Waals surface area contributed by atoms with E-state index in [4.69, 9.17) is 0 Å². The van der Waals surface area contributed by atoms with Crippen LogP contribution in [-0.4, -0.2) is 20.7 Å². The van der Waals surface area contributed by atoms with E-state index >= 15 is 0 Å². The Morgan fingerprint density at radius 1 is 1.19 bits per heavy atom. The summed E-state index contributed by atoms with van der Waals surface area (Å²) in [5.41, 5.74) is 3.44. The lowest BCUT2D eigenvalue weighted by atomic mass is 10.2. The van der Waals surface area contributed by atoms with Gasteiger partial charge in [0, 0.05) is 22.4 Å². The number of thiophene rings is 1. The summed E-state index contributed by atoms with van der Waals surface area (Å²) in [5, 5.41) is 14.1. The molecule has 0 aliphatic heterocycles. The molecular weight excluding hydrogens is 364 g/mol. The maximum absolute atomic E-state index is 12.6. The first-order valence-corrected chi connectivity index (χ1v) is 9.89. The molecular formula is C19H16N4OS2. The van der Waals surface area contributed by atoms with Crippen LogP contribution < -0.4 is 5.32 Å². The van der Waals surface area contributed by atoms with Crippen LogP contribution in [0, 0.1) is 6.92 Å². The molecule has 1 amide bonds. The number of rotatable bonds is 5. The number of hydrogen-bond acceptors (Lipinski definition) is 5. The Morgan fingerprint density at radius 3 is 2.81 bits per heavy atom. The van der Waals surface area contributed by atoms with Crippen LogP contribution in [0.3, 0.4) is 0 Å². The van der Waals surface area contributed by atoms with Crippen LogP contribution in [0.5, 0.6) is 0 Å². The summed E-state index contributed by atoms with van der Waals surface area (Å²) >= 11 is 3.09. The smallest absolute Gasteiger partial charge is 0.276 e. The number of amides is 1. The van der Waals surface area contributed by atoms with Crippen LogP contribution in [0.15, 0.2) is 58.6 Å². The zero-order valence-electron chi connectivity index (χ0n) is 14.0. The molecule has 0 spiro atoms. The molecule has 26 heavy (non-hydrogen) atoms. The Morgan fingerprint density at radius 2 is 2.04 bits per heavy atom. The van der Waals surface area contributed by atoms with Crippen molar-refractivity contribution in [1.82, 2.24) is 14.8 Å². The molecule has 0 aliphatic carbocycles. The first kappa shape index (κ1) is 16.7. The van der Waals surface area contributed by atoms with Crippen molar-refractivity contribution in [3.8, 4) is 10.6 Å². The number of carbonyl (C=O) groups is 1. The van der Waals surface area contributed by atoms with E-state index in [9.17, 15) is 4.79 Å². The van der Waals surface area contributed by atoms with Gasteiger partial charge in [-0.3, -0.25) is 4.79 Å². The standard InChI is InChI=1S/C19H16N4OS2/c1-13-9-17(23(22-13)10-14-5-3-2-4-6-14)21-18(24)16-12-26-19(20-16)15-7-8-25-11-15/h2-9,11-12H,10H2,1H3,(H,21,24). The first-order valence-electron chi connectivity index (χ1n) is 8.07. The van der Waals surface area contributed by atoms with Crippen molar-refractivity contribution in [2.75, 3.05) is 5.32 Å². The van der Waals surface area contributed by atoms with E-state index < -0.39 is 0 Å². The number of benzene rings is 1. The van der Waals surface area contributed by atoms with Gasteiger partial charge in [-0.05, 0) is 23.9 Å². The Balaban J connectivity index is 1.53. The van der Waals surface area contributed by atoms with E-state index in [1.165, 1.54) is 11.3 Å². The normalized spacial score (nSPS) is 10.8. The van der Waals surface area contributed by atoms with Gasteiger partial charge in [0.1, 0.15) is 16.5 Å². The number of hydrogen-bond donors (Lipinski definition) is 1. The van der Waals surface area contributed by atoms with Gasteiger partial charge in [0.2, 0.25) is 0 Å². The molecule has 3 aromatic heterocycles. The lowest BCUT2D eigenvalue weighted by molar-refractivity contribution is 0.102. The number of thiazole rings is 1. The average molecular weight is 380 g/mol. The maximum Gasteiger partial charge on any atom is 0.276 e. The molecule has 0 saturated heterocycles. The van der Waals surface area contributed by atoms with Gasteiger partial charge in [0.15, 0.2) is 0 Å². The van der Waals surface area contributed by atoms with E-state index in [1.807, 2.05) is 60.1 Å². The average Bonchev–Trinajstić information content (AvgIpc) is 3.37. The highest BCUT2D eigenvalue weighted by molar-refractivity contribution is 7.14. The summed E-state index contributed by atoms with van der Waals surface area (Å²) in [6, 6.07) is 13.9. The van der Waals surface area contributed by atoms with Gasteiger partial charge >= 0.3 is 0 Å². The van der Waals surface area contributed by atoms with Gasteiger partial charge in [-0.2, -0.15) is 16.4 Å². The third-order valence-corrected chi connectivity index (χ3v) is 5.40. The van der Waals surface area contributed by atoms with Gasteiger partial charge in [-0.1, -0.05) is 30.3 Å². The van der Waals surface area contributed by atoms with Crippen molar-refractivity contribution in [1.29, 1.82) is 0 Å². The van der Waals surface area contributed by atoms with Crippen LogP contribution in [0.4, 0.5) is 5.82 Å². The molecule has 7 heteroatoms. The van der Waals surface area contributed by atoms with Crippen molar-refractivity contribution in [2.24, 2.45) is 0 Å². The molecule has 1 aromatic carbocycles. The van der Waals surface area contributed by atoms with E-state index in [1.54, 1.807) is 21.4 Å². The minimum Gasteiger partial charge on any atom is -0.305 e. The number of aromatic nitrogens is 3. The van der Waals surface area contributed by atoms with Crippen LogP contribution >= 0.6 is 22.7 Å². The second-order valence-corrected chi connectivity index (χ2v) is 7.46. The summed E-state index contributed by atoms with van der Waals surface area (Å²) in [7, 11) is 0. The lowest BCUT2D eigenvalue weighted by Crippen LogP contribution is -2.16. The highest BCUT2D eigenvalue weighted by Crippen LogP contribution is 2.26. The molecule has 5 nitrogen and oxygen atoms in total. The fourth-order valence-corrected chi connectivity index (χ4v) is 4.11. The second kappa shape index (κ2) is 7.23. The van der Waals surface area contributed by atoms with Gasteiger partial charge in [0.05, 0.1) is 12.2 Å². The summed E-state index contributed by atoms with van der Waals surface area (Å²) < 4.78 is 1.80. The molecule has 0 saturated carbocycles. The summed E-state index contributed by atoms with van der Waals surface area (Å²) in [6.45, 7) is 2.51. The summed E-state index contributed by atoms with van der Waals surface area (Å²) in [6.07, 6.45) is 0. The van der Waals surface area contributed by atoms with Crippen LogP contribution in [-0.2, 0) is 6.54 Å². The fourth-order valence-electron chi connectivity index (χ4n) is 2.60. The first-order chi connectivity index (χ1) is 12.7. The van der Waals surface area contributed by atoms with E-state index in [0.29, 0.717) is 18.1 Å². The highest BCUT2D eigenvalue weighted by atomic mass is 32.1. The Kier molecular flexibility index (Phi) is 4.64. The predicted molar refractivity (Wildman–Crippen MR) is 106 cm³/mol. The van der Waals surface area contributed by atoms with E-state index in [-0.39, 0.29) is 5.91 Å². The number of carbonyl (C=O) groups excluding carboxylic acids is 1. The van der Waals surface area contributed by atoms with Gasteiger partial charge in [-0.25, -0.2) is 9.67 Å². The Bertz CT molecular complexity index is 1020. The molecule has 4 aromatic rings. The van der Waals surface area contributed by atoms with Crippen molar-refractivity contribution in [3.05, 3.63) is 75.6 Å². The molecule has 0 unspecified atom stereocenters. The predicted octanol–water partition coefficient (Wildman–Crippen LogP) is 4.68. The van der Waals surface area contributed by atoms with Crippen molar-refractivity contribution in [3.63, 3.8) is 0 Å². The molecule has 1 N–H and O–H groups in total. The van der Waals surface area contributed by atoms with Crippen molar-refractivity contribution >= 4 is 34.4 Å². The van der Waals surface area contributed by atoms with E-state index in [2.05, 4.69) is 15.4 Å². The van der Waals surface area contributed by atoms with E-state index in [0.717, 1.165) is 21.8 Å². The highest BCUT2D eigenvalue weighted by Gasteiger charge is 2.15. The zero-order valence-corrected chi connectivity index (χ0v) is 15.7. The van der Waals surface area contributed by atoms with Crippen LogP contribution in [0.2, 0.25) is 0 Å². The summed E-state index contributed by atoms with van der Waals surface area (Å²) in [4.78, 5) is 17.1.